The molecule has 7 nitrogen and oxygen atoms in total. The van der Waals surface area contributed by atoms with Crippen molar-refractivity contribution in [1.29, 1.82) is 0 Å². The summed E-state index contributed by atoms with van der Waals surface area (Å²) in [6, 6.07) is 3.38. The molecule has 0 bridgehead atoms. The summed E-state index contributed by atoms with van der Waals surface area (Å²) in [5.74, 6) is -0.790. The highest BCUT2D eigenvalue weighted by Crippen LogP contribution is 2.23. The number of nitrogens with one attached hydrogen (secondary N) is 1. The van der Waals surface area contributed by atoms with Gasteiger partial charge in [-0.15, -0.1) is 0 Å². The summed E-state index contributed by atoms with van der Waals surface area (Å²) < 4.78 is 26.8. The quantitative estimate of drug-likeness (QED) is 0.779. The smallest absolute Gasteiger partial charge is 0.242 e. The second-order valence-electron chi connectivity index (χ2n) is 5.80. The van der Waals surface area contributed by atoms with E-state index in [0.717, 1.165) is 11.5 Å². The van der Waals surface area contributed by atoms with E-state index in [1.165, 1.54) is 18.5 Å². The number of benzene rings is 1. The monoisotopic (exact) mass is 344 g/mol. The van der Waals surface area contributed by atoms with Crippen LogP contribution in [-0.4, -0.2) is 50.6 Å². The molecule has 0 spiro atoms. The fourth-order valence-corrected chi connectivity index (χ4v) is 2.92. The molecule has 3 aromatic rings. The van der Waals surface area contributed by atoms with Crippen LogP contribution in [0.3, 0.4) is 0 Å². The molecule has 0 atom stereocenters. The van der Waals surface area contributed by atoms with Gasteiger partial charge in [0.2, 0.25) is 5.91 Å². The van der Waals surface area contributed by atoms with Gasteiger partial charge >= 0.3 is 0 Å². The van der Waals surface area contributed by atoms with Crippen LogP contribution in [0, 0.1) is 11.6 Å². The molecule has 1 fully saturated rings. The van der Waals surface area contributed by atoms with Gasteiger partial charge in [-0.2, -0.15) is 5.10 Å². The highest BCUT2D eigenvalue weighted by molar-refractivity contribution is 5.90. The van der Waals surface area contributed by atoms with E-state index in [9.17, 15) is 13.6 Å². The van der Waals surface area contributed by atoms with Gasteiger partial charge in [0, 0.05) is 31.3 Å². The Labute approximate surface area is 141 Å². The Morgan fingerprint density at radius 3 is 2.88 bits per heavy atom. The van der Waals surface area contributed by atoms with Crippen molar-refractivity contribution >= 4 is 22.8 Å². The number of nitrogens with zero attached hydrogens (tertiary/aromatic N) is 5. The molecular weight excluding hydrogens is 330 g/mol. The molecule has 1 saturated heterocycles. The molecule has 0 radical (unpaired) electrons. The third kappa shape index (κ3) is 2.88. The van der Waals surface area contributed by atoms with Crippen LogP contribution in [0.2, 0.25) is 0 Å². The van der Waals surface area contributed by atoms with Crippen LogP contribution in [0.15, 0.2) is 30.7 Å². The van der Waals surface area contributed by atoms with Crippen LogP contribution in [0.4, 0.5) is 14.6 Å². The highest BCUT2D eigenvalue weighted by atomic mass is 19.1. The zero-order valence-electron chi connectivity index (χ0n) is 13.1. The molecule has 1 aliphatic heterocycles. The number of carbonyl (C=O) groups excluding carboxylic acids is 1. The lowest BCUT2D eigenvalue weighted by molar-refractivity contribution is -0.131. The number of aromatic amines is 1. The van der Waals surface area contributed by atoms with Gasteiger partial charge in [-0.05, 0) is 6.07 Å². The molecule has 4 rings (SSSR count). The Kier molecular flexibility index (Phi) is 3.75. The lowest BCUT2D eigenvalue weighted by atomic mass is 10.1. The fourth-order valence-electron chi connectivity index (χ4n) is 2.92. The minimum atomic E-state index is -0.647. The van der Waals surface area contributed by atoms with E-state index in [2.05, 4.69) is 20.2 Å². The molecule has 1 aliphatic rings. The number of hydrogen-bond donors (Lipinski definition) is 1. The summed E-state index contributed by atoms with van der Waals surface area (Å²) in [4.78, 5) is 24.2. The summed E-state index contributed by atoms with van der Waals surface area (Å²) in [5, 5.41) is 7.45. The van der Waals surface area contributed by atoms with Crippen LogP contribution >= 0.6 is 0 Å². The van der Waals surface area contributed by atoms with Crippen molar-refractivity contribution < 1.29 is 13.6 Å². The minimum absolute atomic E-state index is 0.115. The maximum atomic E-state index is 13.8. The number of aromatic nitrogens is 4. The zero-order valence-corrected chi connectivity index (χ0v) is 13.1. The largest absolute Gasteiger partial charge is 0.345 e. The summed E-state index contributed by atoms with van der Waals surface area (Å²) in [5.41, 5.74) is 0.899. The Bertz CT molecular complexity index is 943. The molecule has 128 valence electrons. The van der Waals surface area contributed by atoms with Crippen LogP contribution in [0.1, 0.15) is 5.56 Å². The van der Waals surface area contributed by atoms with Crippen molar-refractivity contribution in [3.63, 3.8) is 0 Å². The molecule has 3 heterocycles. The lowest BCUT2D eigenvalue weighted by Crippen LogP contribution is -2.50. The number of halogens is 2. The van der Waals surface area contributed by atoms with Gasteiger partial charge in [-0.3, -0.25) is 9.89 Å². The van der Waals surface area contributed by atoms with Crippen molar-refractivity contribution in [2.45, 2.75) is 6.54 Å². The zero-order chi connectivity index (χ0) is 17.4. The molecule has 0 unspecified atom stereocenters. The van der Waals surface area contributed by atoms with E-state index >= 15 is 0 Å². The maximum absolute atomic E-state index is 13.8. The van der Waals surface area contributed by atoms with E-state index in [4.69, 9.17) is 0 Å². The van der Waals surface area contributed by atoms with E-state index in [1.54, 1.807) is 11.1 Å². The van der Waals surface area contributed by atoms with Gasteiger partial charge in [0.25, 0.3) is 0 Å². The molecule has 9 heteroatoms. The van der Waals surface area contributed by atoms with Crippen LogP contribution in [0.25, 0.3) is 11.0 Å². The van der Waals surface area contributed by atoms with Crippen LogP contribution in [-0.2, 0) is 11.3 Å². The second-order valence-corrected chi connectivity index (χ2v) is 5.80. The molecule has 1 N–H and O–H groups in total. The topological polar surface area (TPSA) is 78.0 Å². The average molecular weight is 344 g/mol. The van der Waals surface area contributed by atoms with Crippen molar-refractivity contribution in [1.82, 2.24) is 25.1 Å². The molecule has 0 saturated carbocycles. The molecule has 1 amide bonds. The highest BCUT2D eigenvalue weighted by Gasteiger charge is 2.26. The predicted molar refractivity (Wildman–Crippen MR) is 85.7 cm³/mol. The Morgan fingerprint density at radius 2 is 2.08 bits per heavy atom. The van der Waals surface area contributed by atoms with Gasteiger partial charge in [0.1, 0.15) is 23.8 Å². The van der Waals surface area contributed by atoms with Crippen molar-refractivity contribution in [3.8, 4) is 0 Å². The van der Waals surface area contributed by atoms with Gasteiger partial charge in [0.15, 0.2) is 5.65 Å². The van der Waals surface area contributed by atoms with Crippen molar-refractivity contribution in [2.24, 2.45) is 0 Å². The Hall–Kier alpha value is -3.10. The average Bonchev–Trinajstić information content (AvgIpc) is 3.07. The van der Waals surface area contributed by atoms with Crippen LogP contribution in [0.5, 0.6) is 0 Å². The first-order chi connectivity index (χ1) is 12.1. The minimum Gasteiger partial charge on any atom is -0.345 e. The predicted octanol–water partition coefficient (Wildman–Crippen LogP) is 1.48. The number of amides is 1. The van der Waals surface area contributed by atoms with Gasteiger partial charge in [-0.1, -0.05) is 6.07 Å². The molecule has 0 aliphatic carbocycles. The first-order valence-corrected chi connectivity index (χ1v) is 7.72. The van der Waals surface area contributed by atoms with Crippen LogP contribution < -0.4 is 4.90 Å². The standard InChI is InChI=1S/C16H14F2N6O/c17-11-2-1-10(13(18)5-11)7-23-3-4-24(8-14(23)25)16-12-6-21-22-15(12)19-9-20-16/h1-2,5-6,9H,3-4,7-8H2,(H,19,20,21,22). The summed E-state index contributed by atoms with van der Waals surface area (Å²) in [6.45, 7) is 1.20. The first-order valence-electron chi connectivity index (χ1n) is 7.72. The molecule has 1 aromatic carbocycles. The normalized spacial score (nSPS) is 15.2. The Balaban J connectivity index is 1.51. The number of anilines is 1. The maximum Gasteiger partial charge on any atom is 0.242 e. The second kappa shape index (κ2) is 6.08. The van der Waals surface area contributed by atoms with E-state index in [1.807, 2.05) is 4.90 Å². The number of piperazine rings is 1. The van der Waals surface area contributed by atoms with E-state index in [0.29, 0.717) is 30.1 Å². The van der Waals surface area contributed by atoms with Gasteiger partial charge in [0.05, 0.1) is 18.1 Å². The number of rotatable bonds is 3. The van der Waals surface area contributed by atoms with Gasteiger partial charge < -0.3 is 9.80 Å². The summed E-state index contributed by atoms with van der Waals surface area (Å²) in [7, 11) is 0. The summed E-state index contributed by atoms with van der Waals surface area (Å²) >= 11 is 0. The number of carbonyl (C=O) groups is 1. The van der Waals surface area contributed by atoms with E-state index in [-0.39, 0.29) is 19.0 Å². The fraction of sp³-hybridized carbons (Fsp3) is 0.250. The van der Waals surface area contributed by atoms with Crippen molar-refractivity contribution in [3.05, 3.63) is 47.9 Å². The molecular formula is C16H14F2N6O. The van der Waals surface area contributed by atoms with Gasteiger partial charge in [-0.25, -0.2) is 18.7 Å². The molecule has 2 aromatic heterocycles. The number of fused-ring (bicyclic) bond motifs is 1. The van der Waals surface area contributed by atoms with E-state index < -0.39 is 11.6 Å². The SMILES string of the molecule is O=C1CN(c2ncnc3[nH]ncc23)CCN1Cc1ccc(F)cc1F. The summed E-state index contributed by atoms with van der Waals surface area (Å²) in [6.07, 6.45) is 3.04. The third-order valence-corrected chi connectivity index (χ3v) is 4.22. The van der Waals surface area contributed by atoms with Crippen molar-refractivity contribution in [2.75, 3.05) is 24.5 Å². The Morgan fingerprint density at radius 1 is 1.20 bits per heavy atom. The lowest BCUT2D eigenvalue weighted by Gasteiger charge is -2.35. The third-order valence-electron chi connectivity index (χ3n) is 4.22. The first kappa shape index (κ1) is 15.4. The number of H-pyrrole nitrogens is 1. The number of hydrogen-bond acceptors (Lipinski definition) is 5. The molecule has 25 heavy (non-hydrogen) atoms.